The first-order chi connectivity index (χ1) is 10.2. The minimum absolute atomic E-state index is 0.667. The second-order valence-corrected chi connectivity index (χ2v) is 4.74. The van der Waals surface area contributed by atoms with E-state index in [1.807, 2.05) is 6.92 Å². The van der Waals surface area contributed by atoms with Crippen molar-refractivity contribution >= 4 is 5.96 Å². The van der Waals surface area contributed by atoms with Gasteiger partial charge in [-0.05, 0) is 31.9 Å². The molecule has 0 aliphatic rings. The maximum Gasteiger partial charge on any atom is 0.191 e. The van der Waals surface area contributed by atoms with Crippen molar-refractivity contribution in [3.63, 3.8) is 0 Å². The van der Waals surface area contributed by atoms with Crippen molar-refractivity contribution in [1.29, 1.82) is 0 Å². The summed E-state index contributed by atoms with van der Waals surface area (Å²) in [5, 5.41) is 6.55. The van der Waals surface area contributed by atoms with E-state index < -0.39 is 0 Å². The smallest absolute Gasteiger partial charge is 0.191 e. The van der Waals surface area contributed by atoms with E-state index >= 15 is 0 Å². The minimum Gasteiger partial charge on any atom is -0.494 e. The van der Waals surface area contributed by atoms with Gasteiger partial charge in [0.15, 0.2) is 5.96 Å². The lowest BCUT2D eigenvalue weighted by Crippen LogP contribution is -2.37. The van der Waals surface area contributed by atoms with Crippen molar-refractivity contribution in [2.45, 2.75) is 26.8 Å². The van der Waals surface area contributed by atoms with Gasteiger partial charge in [0.25, 0.3) is 0 Å². The van der Waals surface area contributed by atoms with Gasteiger partial charge >= 0.3 is 0 Å². The largest absolute Gasteiger partial charge is 0.494 e. The lowest BCUT2D eigenvalue weighted by Gasteiger charge is -2.15. The van der Waals surface area contributed by atoms with Crippen LogP contribution in [0.25, 0.3) is 0 Å². The molecule has 0 bridgehead atoms. The highest BCUT2D eigenvalue weighted by Gasteiger charge is 2.05. The fraction of sp³-hybridized carbons (Fsp3) is 0.562. The molecule has 0 fully saturated rings. The normalized spacial score (nSPS) is 11.3. The van der Waals surface area contributed by atoms with Crippen LogP contribution in [0, 0.1) is 6.92 Å². The van der Waals surface area contributed by atoms with Gasteiger partial charge in [0.05, 0.1) is 6.61 Å². The summed E-state index contributed by atoms with van der Waals surface area (Å²) in [5.74, 6) is 1.72. The van der Waals surface area contributed by atoms with Crippen molar-refractivity contribution in [3.05, 3.63) is 29.3 Å². The van der Waals surface area contributed by atoms with E-state index in [1.54, 1.807) is 14.2 Å². The molecular weight excluding hydrogens is 266 g/mol. The summed E-state index contributed by atoms with van der Waals surface area (Å²) in [6.07, 6.45) is 0.950. The van der Waals surface area contributed by atoms with E-state index in [4.69, 9.17) is 9.47 Å². The third kappa shape index (κ3) is 6.49. The molecule has 0 radical (unpaired) electrons. The van der Waals surface area contributed by atoms with Gasteiger partial charge in [-0.1, -0.05) is 12.1 Å². The zero-order valence-corrected chi connectivity index (χ0v) is 13.5. The molecule has 0 heterocycles. The molecule has 118 valence electrons. The highest BCUT2D eigenvalue weighted by Crippen LogP contribution is 2.20. The summed E-state index contributed by atoms with van der Waals surface area (Å²) in [6, 6.07) is 6.25. The Balaban J connectivity index is 2.52. The number of aryl methyl sites for hydroxylation is 1. The van der Waals surface area contributed by atoms with Crippen LogP contribution >= 0.6 is 0 Å². The summed E-state index contributed by atoms with van der Waals surface area (Å²) in [4.78, 5) is 4.21. The number of guanidine groups is 1. The molecule has 1 aromatic carbocycles. The fourth-order valence-electron chi connectivity index (χ4n) is 1.92. The lowest BCUT2D eigenvalue weighted by molar-refractivity contribution is 0.195. The van der Waals surface area contributed by atoms with E-state index in [-0.39, 0.29) is 0 Å². The molecule has 0 aliphatic carbocycles. The number of rotatable bonds is 8. The topological polar surface area (TPSA) is 54.9 Å². The SMILES string of the molecule is CCOc1cc(C)ccc1CNC(=NC)NCCCOC. The van der Waals surface area contributed by atoms with Gasteiger partial charge in [0, 0.05) is 39.4 Å². The van der Waals surface area contributed by atoms with Crippen LogP contribution in [0.5, 0.6) is 5.75 Å². The summed E-state index contributed by atoms with van der Waals surface area (Å²) in [6.45, 7) is 6.99. The second-order valence-electron chi connectivity index (χ2n) is 4.74. The first-order valence-corrected chi connectivity index (χ1v) is 7.37. The molecule has 21 heavy (non-hydrogen) atoms. The molecule has 1 rings (SSSR count). The van der Waals surface area contributed by atoms with E-state index in [9.17, 15) is 0 Å². The zero-order valence-electron chi connectivity index (χ0n) is 13.5. The maximum atomic E-state index is 5.68. The fourth-order valence-corrected chi connectivity index (χ4v) is 1.92. The Kier molecular flexibility index (Phi) is 8.28. The highest BCUT2D eigenvalue weighted by molar-refractivity contribution is 5.79. The second kappa shape index (κ2) is 10.0. The molecule has 0 aromatic heterocycles. The van der Waals surface area contributed by atoms with Crippen LogP contribution in [0.3, 0.4) is 0 Å². The molecule has 0 atom stereocenters. The average molecular weight is 293 g/mol. The van der Waals surface area contributed by atoms with Crippen molar-refractivity contribution in [3.8, 4) is 5.75 Å². The summed E-state index contributed by atoms with van der Waals surface area (Å²) in [5.41, 5.74) is 2.33. The molecule has 0 spiro atoms. The van der Waals surface area contributed by atoms with Gasteiger partial charge in [0.2, 0.25) is 0 Å². The predicted octanol–water partition coefficient (Wildman–Crippen LogP) is 2.10. The van der Waals surface area contributed by atoms with E-state index in [0.29, 0.717) is 13.2 Å². The quantitative estimate of drug-likeness (QED) is 0.438. The van der Waals surface area contributed by atoms with Crippen LogP contribution < -0.4 is 15.4 Å². The molecular formula is C16H27N3O2. The Morgan fingerprint density at radius 2 is 2.10 bits per heavy atom. The monoisotopic (exact) mass is 293 g/mol. The molecule has 0 aliphatic heterocycles. The van der Waals surface area contributed by atoms with Gasteiger partial charge in [-0.3, -0.25) is 4.99 Å². The molecule has 0 amide bonds. The van der Waals surface area contributed by atoms with E-state index in [0.717, 1.165) is 36.8 Å². The third-order valence-corrected chi connectivity index (χ3v) is 3.01. The third-order valence-electron chi connectivity index (χ3n) is 3.01. The number of hydrogen-bond donors (Lipinski definition) is 2. The van der Waals surface area contributed by atoms with Crippen LogP contribution in [0.15, 0.2) is 23.2 Å². The molecule has 5 nitrogen and oxygen atoms in total. The lowest BCUT2D eigenvalue weighted by atomic mass is 10.1. The Morgan fingerprint density at radius 3 is 2.76 bits per heavy atom. The molecule has 2 N–H and O–H groups in total. The van der Waals surface area contributed by atoms with Crippen LogP contribution in [0.4, 0.5) is 0 Å². The van der Waals surface area contributed by atoms with Gasteiger partial charge in [-0.2, -0.15) is 0 Å². The Hall–Kier alpha value is -1.75. The zero-order chi connectivity index (χ0) is 15.5. The van der Waals surface area contributed by atoms with Crippen LogP contribution in [0.2, 0.25) is 0 Å². The number of ether oxygens (including phenoxy) is 2. The first-order valence-electron chi connectivity index (χ1n) is 7.37. The average Bonchev–Trinajstić information content (AvgIpc) is 2.48. The highest BCUT2D eigenvalue weighted by atomic mass is 16.5. The standard InChI is InChI=1S/C16H27N3O2/c1-5-21-15-11-13(2)7-8-14(15)12-19-16(17-3)18-9-6-10-20-4/h7-8,11H,5-6,9-10,12H2,1-4H3,(H2,17,18,19). The molecule has 5 heteroatoms. The number of methoxy groups -OCH3 is 1. The van der Waals surface area contributed by atoms with Crippen molar-refractivity contribution in [2.24, 2.45) is 4.99 Å². The Bertz CT molecular complexity index is 447. The van der Waals surface area contributed by atoms with Crippen molar-refractivity contribution < 1.29 is 9.47 Å². The van der Waals surface area contributed by atoms with Gasteiger partial charge in [-0.25, -0.2) is 0 Å². The van der Waals surface area contributed by atoms with Crippen molar-refractivity contribution in [1.82, 2.24) is 10.6 Å². The number of benzene rings is 1. The van der Waals surface area contributed by atoms with Crippen LogP contribution in [-0.2, 0) is 11.3 Å². The number of aliphatic imine (C=N–C) groups is 1. The molecule has 0 saturated heterocycles. The summed E-state index contributed by atoms with van der Waals surface area (Å²) < 4.78 is 10.7. The predicted molar refractivity (Wildman–Crippen MR) is 87.0 cm³/mol. The molecule has 1 aromatic rings. The van der Waals surface area contributed by atoms with Crippen molar-refractivity contribution in [2.75, 3.05) is 33.9 Å². The van der Waals surface area contributed by atoms with Crippen LogP contribution in [0.1, 0.15) is 24.5 Å². The van der Waals surface area contributed by atoms with Gasteiger partial charge in [0.1, 0.15) is 5.75 Å². The number of hydrogen-bond acceptors (Lipinski definition) is 3. The summed E-state index contributed by atoms with van der Waals surface area (Å²) >= 11 is 0. The Labute approximate surface area is 127 Å². The number of nitrogens with one attached hydrogen (secondary N) is 2. The minimum atomic E-state index is 0.667. The van der Waals surface area contributed by atoms with Crippen LogP contribution in [-0.4, -0.2) is 39.9 Å². The summed E-state index contributed by atoms with van der Waals surface area (Å²) in [7, 11) is 3.48. The Morgan fingerprint density at radius 1 is 1.29 bits per heavy atom. The molecule has 0 unspecified atom stereocenters. The van der Waals surface area contributed by atoms with E-state index in [1.165, 1.54) is 5.56 Å². The maximum absolute atomic E-state index is 5.68. The number of nitrogens with zero attached hydrogens (tertiary/aromatic N) is 1. The van der Waals surface area contributed by atoms with Gasteiger partial charge < -0.3 is 20.1 Å². The first kappa shape index (κ1) is 17.3. The van der Waals surface area contributed by atoms with Gasteiger partial charge in [-0.15, -0.1) is 0 Å². The molecule has 0 saturated carbocycles. The van der Waals surface area contributed by atoms with E-state index in [2.05, 4.69) is 40.7 Å².